The van der Waals surface area contributed by atoms with E-state index in [1.807, 2.05) is 19.1 Å². The van der Waals surface area contributed by atoms with Crippen molar-refractivity contribution in [1.82, 2.24) is 0 Å². The van der Waals surface area contributed by atoms with Gasteiger partial charge in [0.1, 0.15) is 5.58 Å². The highest BCUT2D eigenvalue weighted by molar-refractivity contribution is 5.87. The zero-order valence-electron chi connectivity index (χ0n) is 13.2. The van der Waals surface area contributed by atoms with Crippen LogP contribution in [0.1, 0.15) is 51.5 Å². The average molecular weight is 302 g/mol. The predicted octanol–water partition coefficient (Wildman–Crippen LogP) is 4.23. The smallest absolute Gasteiger partial charge is 0.343 e. The number of benzene rings is 1. The number of esters is 1. The average Bonchev–Trinajstić information content (AvgIpc) is 2.52. The lowest BCUT2D eigenvalue weighted by molar-refractivity contribution is -0.134. The molecule has 1 aromatic heterocycles. The van der Waals surface area contributed by atoms with E-state index in [1.165, 1.54) is 0 Å². The summed E-state index contributed by atoms with van der Waals surface area (Å²) in [5, 5.41) is 0.679. The highest BCUT2D eigenvalue weighted by Gasteiger charge is 2.18. The van der Waals surface area contributed by atoms with Crippen molar-refractivity contribution in [2.24, 2.45) is 0 Å². The van der Waals surface area contributed by atoms with Gasteiger partial charge in [-0.05, 0) is 31.4 Å². The Bertz CT molecular complexity index is 700. The summed E-state index contributed by atoms with van der Waals surface area (Å²) in [5.74, 6) is 0.0803. The first-order valence-electron chi connectivity index (χ1n) is 7.92. The van der Waals surface area contributed by atoms with Gasteiger partial charge in [0, 0.05) is 6.42 Å². The summed E-state index contributed by atoms with van der Waals surface area (Å²) in [6.45, 7) is 4.07. The second kappa shape index (κ2) is 7.78. The Hall–Kier alpha value is -2.10. The molecule has 0 atom stereocenters. The number of para-hydroxylation sites is 1. The second-order valence-electron chi connectivity index (χ2n) is 5.37. The highest BCUT2D eigenvalue weighted by atomic mass is 16.5. The molecule has 0 fully saturated rings. The van der Waals surface area contributed by atoms with Crippen LogP contribution in [-0.4, -0.2) is 5.97 Å². The van der Waals surface area contributed by atoms with E-state index in [0.29, 0.717) is 35.1 Å². The Kier molecular flexibility index (Phi) is 5.75. The van der Waals surface area contributed by atoms with Gasteiger partial charge in [-0.15, -0.1) is 0 Å². The number of unbranched alkanes of at least 4 members (excludes halogenated alkanes) is 2. The third-order valence-corrected chi connectivity index (χ3v) is 3.59. The molecule has 1 heterocycles. The van der Waals surface area contributed by atoms with E-state index in [1.54, 1.807) is 12.1 Å². The SMILES string of the molecule is CCCCC(=O)Oc1c(CCCC)c(=O)oc2ccccc12. The number of hydrogen-bond acceptors (Lipinski definition) is 4. The van der Waals surface area contributed by atoms with Crippen molar-refractivity contribution >= 4 is 16.9 Å². The number of carbonyl (C=O) groups excluding carboxylic acids is 1. The lowest BCUT2D eigenvalue weighted by atomic mass is 10.1. The zero-order valence-corrected chi connectivity index (χ0v) is 13.2. The number of fused-ring (bicyclic) bond motifs is 1. The molecule has 118 valence electrons. The third-order valence-electron chi connectivity index (χ3n) is 3.59. The largest absolute Gasteiger partial charge is 0.425 e. The van der Waals surface area contributed by atoms with Crippen LogP contribution in [-0.2, 0) is 11.2 Å². The summed E-state index contributed by atoms with van der Waals surface area (Å²) in [7, 11) is 0. The van der Waals surface area contributed by atoms with Crippen LogP contribution in [0.4, 0.5) is 0 Å². The predicted molar refractivity (Wildman–Crippen MR) is 86.3 cm³/mol. The molecular weight excluding hydrogens is 280 g/mol. The van der Waals surface area contributed by atoms with Gasteiger partial charge >= 0.3 is 11.6 Å². The molecule has 0 radical (unpaired) electrons. The highest BCUT2D eigenvalue weighted by Crippen LogP contribution is 2.29. The Balaban J connectivity index is 2.46. The standard InChI is InChI=1S/C18H22O4/c1-3-5-9-14-17(22-16(19)12-6-4-2)13-10-7-8-11-15(13)21-18(14)20/h7-8,10-11H,3-6,9,12H2,1-2H3. The monoisotopic (exact) mass is 302 g/mol. The number of hydrogen-bond donors (Lipinski definition) is 0. The number of ether oxygens (including phenoxy) is 1. The Morgan fingerprint density at radius 3 is 2.59 bits per heavy atom. The quantitative estimate of drug-likeness (QED) is 0.567. The first-order valence-corrected chi connectivity index (χ1v) is 7.92. The van der Waals surface area contributed by atoms with E-state index in [-0.39, 0.29) is 5.97 Å². The maximum absolute atomic E-state index is 12.2. The molecule has 1 aromatic carbocycles. The molecule has 0 amide bonds. The summed E-state index contributed by atoms with van der Waals surface area (Å²) in [6.07, 6.45) is 4.42. The van der Waals surface area contributed by atoms with E-state index in [0.717, 1.165) is 25.7 Å². The van der Waals surface area contributed by atoms with Gasteiger partial charge in [-0.2, -0.15) is 0 Å². The zero-order chi connectivity index (χ0) is 15.9. The number of carbonyl (C=O) groups is 1. The summed E-state index contributed by atoms with van der Waals surface area (Å²) in [4.78, 5) is 24.2. The molecule has 0 unspecified atom stereocenters. The fourth-order valence-electron chi connectivity index (χ4n) is 2.33. The van der Waals surface area contributed by atoms with Crippen molar-refractivity contribution in [3.05, 3.63) is 40.2 Å². The minimum absolute atomic E-state index is 0.296. The fourth-order valence-corrected chi connectivity index (χ4v) is 2.33. The van der Waals surface area contributed by atoms with Gasteiger partial charge in [-0.3, -0.25) is 4.79 Å². The molecule has 0 spiro atoms. The summed E-state index contributed by atoms with van der Waals surface area (Å²) in [6, 6.07) is 7.16. The third kappa shape index (κ3) is 3.75. The molecule has 4 nitrogen and oxygen atoms in total. The van der Waals surface area contributed by atoms with Crippen LogP contribution in [0.25, 0.3) is 11.0 Å². The first-order chi connectivity index (χ1) is 10.7. The molecular formula is C18H22O4. The minimum Gasteiger partial charge on any atom is -0.425 e. The molecule has 0 bridgehead atoms. The maximum Gasteiger partial charge on any atom is 0.343 e. The van der Waals surface area contributed by atoms with Crippen LogP contribution >= 0.6 is 0 Å². The molecule has 22 heavy (non-hydrogen) atoms. The summed E-state index contributed by atoms with van der Waals surface area (Å²) in [5.41, 5.74) is 0.502. The molecule has 2 aromatic rings. The van der Waals surface area contributed by atoms with Crippen molar-refractivity contribution in [2.45, 2.75) is 52.4 Å². The summed E-state index contributed by atoms with van der Waals surface area (Å²) >= 11 is 0. The molecule has 0 saturated carbocycles. The second-order valence-corrected chi connectivity index (χ2v) is 5.37. The van der Waals surface area contributed by atoms with Crippen molar-refractivity contribution in [3.63, 3.8) is 0 Å². The minimum atomic E-state index is -0.412. The van der Waals surface area contributed by atoms with Crippen LogP contribution in [0.3, 0.4) is 0 Å². The molecule has 4 heteroatoms. The van der Waals surface area contributed by atoms with Crippen LogP contribution in [0.15, 0.2) is 33.5 Å². The lowest BCUT2D eigenvalue weighted by Gasteiger charge is -2.11. The molecule has 0 aliphatic rings. The topological polar surface area (TPSA) is 56.5 Å². The van der Waals surface area contributed by atoms with Crippen molar-refractivity contribution in [1.29, 1.82) is 0 Å². The van der Waals surface area contributed by atoms with Crippen LogP contribution in [0.5, 0.6) is 5.75 Å². The molecule has 0 N–H and O–H groups in total. The first kappa shape index (κ1) is 16.3. The van der Waals surface area contributed by atoms with E-state index >= 15 is 0 Å². The maximum atomic E-state index is 12.2. The van der Waals surface area contributed by atoms with Crippen LogP contribution in [0, 0.1) is 0 Å². The van der Waals surface area contributed by atoms with E-state index in [9.17, 15) is 9.59 Å². The Morgan fingerprint density at radius 1 is 1.14 bits per heavy atom. The van der Waals surface area contributed by atoms with E-state index in [2.05, 4.69) is 6.92 Å². The molecule has 0 aliphatic carbocycles. The van der Waals surface area contributed by atoms with Crippen molar-refractivity contribution < 1.29 is 13.9 Å². The summed E-state index contributed by atoms with van der Waals surface area (Å²) < 4.78 is 10.9. The molecule has 0 aliphatic heterocycles. The Labute approximate surface area is 130 Å². The normalized spacial score (nSPS) is 10.8. The van der Waals surface area contributed by atoms with Gasteiger partial charge in [-0.1, -0.05) is 38.8 Å². The van der Waals surface area contributed by atoms with Gasteiger partial charge < -0.3 is 9.15 Å². The molecule has 0 saturated heterocycles. The van der Waals surface area contributed by atoms with Gasteiger partial charge in [0.2, 0.25) is 0 Å². The van der Waals surface area contributed by atoms with Gasteiger partial charge in [0.05, 0.1) is 10.9 Å². The van der Waals surface area contributed by atoms with E-state index < -0.39 is 5.63 Å². The van der Waals surface area contributed by atoms with Crippen molar-refractivity contribution in [2.75, 3.05) is 0 Å². The van der Waals surface area contributed by atoms with Crippen LogP contribution < -0.4 is 10.4 Å². The number of rotatable bonds is 7. The lowest BCUT2D eigenvalue weighted by Crippen LogP contribution is -2.15. The van der Waals surface area contributed by atoms with Crippen LogP contribution in [0.2, 0.25) is 0 Å². The van der Waals surface area contributed by atoms with E-state index in [4.69, 9.17) is 9.15 Å². The van der Waals surface area contributed by atoms with Gasteiger partial charge in [0.15, 0.2) is 5.75 Å². The molecule has 2 rings (SSSR count). The van der Waals surface area contributed by atoms with Gasteiger partial charge in [0.25, 0.3) is 0 Å². The Morgan fingerprint density at radius 2 is 1.86 bits per heavy atom. The fraction of sp³-hybridized carbons (Fsp3) is 0.444. The van der Waals surface area contributed by atoms with Gasteiger partial charge in [-0.25, -0.2) is 4.79 Å². The van der Waals surface area contributed by atoms with Crippen molar-refractivity contribution in [3.8, 4) is 5.75 Å².